The monoisotopic (exact) mass is 330 g/mol. The zero-order valence-electron chi connectivity index (χ0n) is 15.1. The number of fused-ring (bicyclic) bond motifs is 1. The summed E-state index contributed by atoms with van der Waals surface area (Å²) >= 11 is 0. The Morgan fingerprint density at radius 1 is 1.25 bits per heavy atom. The van der Waals surface area contributed by atoms with Crippen LogP contribution in [0.25, 0.3) is 11.0 Å². The van der Waals surface area contributed by atoms with Crippen LogP contribution in [0.3, 0.4) is 0 Å². The quantitative estimate of drug-likeness (QED) is 0.881. The Labute approximate surface area is 144 Å². The van der Waals surface area contributed by atoms with Gasteiger partial charge in [0, 0.05) is 45.9 Å². The first-order valence-electron chi connectivity index (χ1n) is 9.06. The molecule has 0 bridgehead atoms. The molecule has 1 aromatic carbocycles. The molecule has 2 aromatic rings. The maximum Gasteiger partial charge on any atom is 0.123 e. The minimum absolute atomic E-state index is 0.263. The van der Waals surface area contributed by atoms with Crippen molar-refractivity contribution in [2.45, 2.75) is 32.9 Å². The van der Waals surface area contributed by atoms with Crippen LogP contribution in [0.5, 0.6) is 0 Å². The number of hydrogen-bond donors (Lipinski definition) is 1. The molecule has 0 amide bonds. The van der Waals surface area contributed by atoms with E-state index in [0.717, 1.165) is 50.5 Å². The lowest BCUT2D eigenvalue weighted by Crippen LogP contribution is -2.54. The van der Waals surface area contributed by atoms with Gasteiger partial charge in [0.15, 0.2) is 0 Å². The Morgan fingerprint density at radius 3 is 2.75 bits per heavy atom. The lowest BCUT2D eigenvalue weighted by Gasteiger charge is -2.42. The zero-order chi connectivity index (χ0) is 17.1. The molecule has 1 saturated heterocycles. The molecule has 5 heteroatoms. The van der Waals surface area contributed by atoms with Crippen LogP contribution in [-0.4, -0.2) is 63.3 Å². The van der Waals surface area contributed by atoms with E-state index in [-0.39, 0.29) is 6.61 Å². The minimum atomic E-state index is 0.263. The molecule has 0 saturated carbocycles. The van der Waals surface area contributed by atoms with Gasteiger partial charge >= 0.3 is 0 Å². The molecule has 1 fully saturated rings. The summed E-state index contributed by atoms with van der Waals surface area (Å²) in [6.07, 6.45) is 0.853. The van der Waals surface area contributed by atoms with Gasteiger partial charge in [0.2, 0.25) is 0 Å². The van der Waals surface area contributed by atoms with Crippen molar-refractivity contribution >= 4 is 11.0 Å². The molecule has 24 heavy (non-hydrogen) atoms. The van der Waals surface area contributed by atoms with E-state index in [4.69, 9.17) is 4.98 Å². The number of aromatic nitrogens is 2. The van der Waals surface area contributed by atoms with Gasteiger partial charge in [-0.15, -0.1) is 0 Å². The van der Waals surface area contributed by atoms with Crippen molar-refractivity contribution in [2.75, 3.05) is 32.8 Å². The molecule has 0 radical (unpaired) electrons. The predicted octanol–water partition coefficient (Wildman–Crippen LogP) is 2.10. The van der Waals surface area contributed by atoms with Crippen molar-refractivity contribution in [3.8, 4) is 0 Å². The van der Waals surface area contributed by atoms with Gasteiger partial charge in [-0.1, -0.05) is 26.0 Å². The fourth-order valence-electron chi connectivity index (χ4n) is 3.77. The van der Waals surface area contributed by atoms with Crippen LogP contribution in [-0.2, 0) is 13.6 Å². The average Bonchev–Trinajstić information content (AvgIpc) is 2.86. The highest BCUT2D eigenvalue weighted by atomic mass is 16.3. The first-order chi connectivity index (χ1) is 11.6. The lowest BCUT2D eigenvalue weighted by molar-refractivity contribution is 0.0462. The number of benzene rings is 1. The third-order valence-electron chi connectivity index (χ3n) is 5.00. The number of aliphatic hydroxyl groups excluding tert-OH is 1. The minimum Gasteiger partial charge on any atom is -0.396 e. The normalized spacial score (nSPS) is 20.3. The second-order valence-corrected chi connectivity index (χ2v) is 7.37. The van der Waals surface area contributed by atoms with E-state index in [9.17, 15) is 5.11 Å². The Hall–Kier alpha value is -1.43. The SMILES string of the molecule is CC(C)CN1CCN(Cc2nc3ccccc3n2C)CC1CCO. The van der Waals surface area contributed by atoms with Gasteiger partial charge in [0.1, 0.15) is 5.82 Å². The first kappa shape index (κ1) is 17.4. The molecule has 0 spiro atoms. The van der Waals surface area contributed by atoms with Crippen LogP contribution >= 0.6 is 0 Å². The molecule has 1 N–H and O–H groups in total. The molecule has 1 atom stereocenters. The number of imidazole rings is 1. The van der Waals surface area contributed by atoms with Crippen molar-refractivity contribution in [1.82, 2.24) is 19.4 Å². The van der Waals surface area contributed by atoms with Gasteiger partial charge in [-0.25, -0.2) is 4.98 Å². The highest BCUT2D eigenvalue weighted by molar-refractivity contribution is 5.75. The molecule has 132 valence electrons. The van der Waals surface area contributed by atoms with E-state index < -0.39 is 0 Å². The largest absolute Gasteiger partial charge is 0.396 e. The molecular formula is C19H30N4O. The first-order valence-corrected chi connectivity index (χ1v) is 9.06. The lowest BCUT2D eigenvalue weighted by atomic mass is 10.1. The maximum atomic E-state index is 9.42. The van der Waals surface area contributed by atoms with Crippen molar-refractivity contribution in [2.24, 2.45) is 13.0 Å². The van der Waals surface area contributed by atoms with E-state index >= 15 is 0 Å². The van der Waals surface area contributed by atoms with Gasteiger partial charge in [0.05, 0.1) is 17.6 Å². The Bertz CT molecular complexity index is 666. The zero-order valence-corrected chi connectivity index (χ0v) is 15.1. The van der Waals surface area contributed by atoms with E-state index in [1.165, 1.54) is 5.52 Å². The Morgan fingerprint density at radius 2 is 2.04 bits per heavy atom. The van der Waals surface area contributed by atoms with Crippen molar-refractivity contribution in [1.29, 1.82) is 0 Å². The second kappa shape index (κ2) is 7.64. The number of nitrogens with zero attached hydrogens (tertiary/aromatic N) is 4. The van der Waals surface area contributed by atoms with E-state index in [1.54, 1.807) is 0 Å². The topological polar surface area (TPSA) is 44.5 Å². The van der Waals surface area contributed by atoms with E-state index in [2.05, 4.69) is 53.5 Å². The number of para-hydroxylation sites is 2. The highest BCUT2D eigenvalue weighted by Crippen LogP contribution is 2.19. The Kier molecular flexibility index (Phi) is 5.54. The summed E-state index contributed by atoms with van der Waals surface area (Å²) in [5.41, 5.74) is 2.26. The van der Waals surface area contributed by atoms with Gasteiger partial charge in [-0.05, 0) is 24.5 Å². The number of aliphatic hydroxyl groups is 1. The molecule has 1 unspecified atom stereocenters. The van der Waals surface area contributed by atoms with Gasteiger partial charge in [0.25, 0.3) is 0 Å². The Balaban J connectivity index is 1.70. The number of rotatable bonds is 6. The van der Waals surface area contributed by atoms with Crippen LogP contribution in [0.2, 0.25) is 0 Å². The van der Waals surface area contributed by atoms with E-state index in [1.807, 2.05) is 6.07 Å². The molecule has 2 heterocycles. The molecule has 1 aliphatic heterocycles. The summed E-state index contributed by atoms with van der Waals surface area (Å²) in [5.74, 6) is 1.79. The van der Waals surface area contributed by atoms with Crippen molar-refractivity contribution < 1.29 is 5.11 Å². The maximum absolute atomic E-state index is 9.42. The van der Waals surface area contributed by atoms with Crippen LogP contribution in [0, 0.1) is 5.92 Å². The third-order valence-corrected chi connectivity index (χ3v) is 5.00. The predicted molar refractivity (Wildman–Crippen MR) is 97.9 cm³/mol. The van der Waals surface area contributed by atoms with Crippen LogP contribution in [0.15, 0.2) is 24.3 Å². The molecule has 3 rings (SSSR count). The van der Waals surface area contributed by atoms with Crippen LogP contribution in [0.4, 0.5) is 0 Å². The van der Waals surface area contributed by atoms with Crippen molar-refractivity contribution in [3.63, 3.8) is 0 Å². The number of hydrogen-bond acceptors (Lipinski definition) is 4. The van der Waals surface area contributed by atoms with Crippen molar-refractivity contribution in [3.05, 3.63) is 30.1 Å². The third kappa shape index (κ3) is 3.79. The summed E-state index contributed by atoms with van der Waals surface area (Å²) in [7, 11) is 2.10. The van der Waals surface area contributed by atoms with E-state index in [0.29, 0.717) is 12.0 Å². The molecular weight excluding hydrogens is 300 g/mol. The van der Waals surface area contributed by atoms with Crippen LogP contribution in [0.1, 0.15) is 26.1 Å². The average molecular weight is 330 g/mol. The summed E-state index contributed by atoms with van der Waals surface area (Å²) in [4.78, 5) is 9.84. The summed E-state index contributed by atoms with van der Waals surface area (Å²) in [6.45, 7) is 9.94. The molecule has 1 aromatic heterocycles. The number of piperazine rings is 1. The smallest absolute Gasteiger partial charge is 0.123 e. The summed E-state index contributed by atoms with van der Waals surface area (Å²) in [5, 5.41) is 9.42. The fraction of sp³-hybridized carbons (Fsp3) is 0.632. The number of aryl methyl sites for hydroxylation is 1. The standard InChI is InChI=1S/C19H30N4O/c1-15(2)12-23-10-9-22(13-16(23)8-11-24)14-19-20-17-6-4-5-7-18(17)21(19)3/h4-7,15-16,24H,8-14H2,1-3H3. The second-order valence-electron chi connectivity index (χ2n) is 7.37. The summed E-state index contributed by atoms with van der Waals surface area (Å²) < 4.78 is 2.21. The summed E-state index contributed by atoms with van der Waals surface area (Å²) in [6, 6.07) is 8.76. The van der Waals surface area contributed by atoms with Gasteiger partial charge in [-0.3, -0.25) is 9.80 Å². The molecule has 5 nitrogen and oxygen atoms in total. The van der Waals surface area contributed by atoms with Crippen LogP contribution < -0.4 is 0 Å². The fourth-order valence-corrected chi connectivity index (χ4v) is 3.77. The van der Waals surface area contributed by atoms with Gasteiger partial charge in [-0.2, -0.15) is 0 Å². The molecule has 1 aliphatic rings. The van der Waals surface area contributed by atoms with Gasteiger partial charge < -0.3 is 9.67 Å². The molecule has 0 aliphatic carbocycles. The highest BCUT2D eigenvalue weighted by Gasteiger charge is 2.27.